The Morgan fingerprint density at radius 1 is 1.21 bits per heavy atom. The SMILES string of the molecule is COC(=O)C=CCn1c(=O)c2c(nc(N3CCCC(NC(=O)OC(C)(C)C)C3)n2Cc2ccccc2C#N)n(C)c1=O. The van der Waals surface area contributed by atoms with Gasteiger partial charge in [-0.3, -0.25) is 18.5 Å². The molecule has 3 aromatic rings. The molecule has 0 bridgehead atoms. The van der Waals surface area contributed by atoms with Crippen LogP contribution in [0.4, 0.5) is 10.7 Å². The third-order valence-corrected chi connectivity index (χ3v) is 6.85. The van der Waals surface area contributed by atoms with Gasteiger partial charge in [-0.2, -0.15) is 10.2 Å². The third-order valence-electron chi connectivity index (χ3n) is 6.85. The van der Waals surface area contributed by atoms with E-state index in [1.807, 2.05) is 11.0 Å². The van der Waals surface area contributed by atoms with Gasteiger partial charge in [0.25, 0.3) is 5.56 Å². The van der Waals surface area contributed by atoms with E-state index in [0.29, 0.717) is 30.2 Å². The number of carbonyl (C=O) groups excluding carboxylic acids is 2. The number of piperidine rings is 1. The molecule has 1 aromatic carbocycles. The molecule has 2 aromatic heterocycles. The smallest absolute Gasteiger partial charge is 0.407 e. The van der Waals surface area contributed by atoms with Crippen LogP contribution in [0.5, 0.6) is 0 Å². The molecule has 4 rings (SSSR count). The van der Waals surface area contributed by atoms with E-state index in [-0.39, 0.29) is 30.3 Å². The predicted octanol–water partition coefficient (Wildman–Crippen LogP) is 2.04. The van der Waals surface area contributed by atoms with E-state index in [4.69, 9.17) is 9.72 Å². The fourth-order valence-electron chi connectivity index (χ4n) is 4.92. The average Bonchev–Trinajstić information content (AvgIpc) is 3.32. The second kappa shape index (κ2) is 12.3. The maximum Gasteiger partial charge on any atom is 0.407 e. The number of rotatable bonds is 7. The van der Waals surface area contributed by atoms with Crippen molar-refractivity contribution >= 4 is 29.2 Å². The summed E-state index contributed by atoms with van der Waals surface area (Å²) in [5, 5.41) is 12.7. The van der Waals surface area contributed by atoms with Crippen molar-refractivity contribution in [2.45, 2.75) is 58.3 Å². The van der Waals surface area contributed by atoms with E-state index in [0.717, 1.165) is 23.5 Å². The molecular weight excluding hydrogens is 542 g/mol. The van der Waals surface area contributed by atoms with Gasteiger partial charge in [0.2, 0.25) is 5.95 Å². The van der Waals surface area contributed by atoms with Gasteiger partial charge in [-0.25, -0.2) is 14.4 Å². The molecule has 13 heteroatoms. The number of aromatic nitrogens is 4. The summed E-state index contributed by atoms with van der Waals surface area (Å²) in [6, 6.07) is 9.02. The Bertz CT molecular complexity index is 1690. The quantitative estimate of drug-likeness (QED) is 0.328. The van der Waals surface area contributed by atoms with Gasteiger partial charge in [0.05, 0.1) is 25.3 Å². The lowest BCUT2D eigenvalue weighted by Gasteiger charge is -2.34. The first-order valence-corrected chi connectivity index (χ1v) is 13.6. The van der Waals surface area contributed by atoms with Crippen LogP contribution in [0.25, 0.3) is 11.2 Å². The number of benzene rings is 1. The number of esters is 1. The highest BCUT2D eigenvalue weighted by atomic mass is 16.6. The molecule has 222 valence electrons. The normalized spacial score (nSPS) is 15.5. The molecule has 1 atom stereocenters. The zero-order valence-corrected chi connectivity index (χ0v) is 24.4. The van der Waals surface area contributed by atoms with Crippen molar-refractivity contribution in [2.75, 3.05) is 25.1 Å². The van der Waals surface area contributed by atoms with Crippen molar-refractivity contribution in [3.05, 3.63) is 68.4 Å². The van der Waals surface area contributed by atoms with Gasteiger partial charge in [-0.05, 0) is 45.2 Å². The number of imidazole rings is 1. The van der Waals surface area contributed by atoms with Crippen LogP contribution in [0.2, 0.25) is 0 Å². The number of hydrogen-bond acceptors (Lipinski definition) is 9. The largest absolute Gasteiger partial charge is 0.466 e. The molecule has 1 unspecified atom stereocenters. The summed E-state index contributed by atoms with van der Waals surface area (Å²) in [5.74, 6) is -0.176. The highest BCUT2D eigenvalue weighted by Gasteiger charge is 2.29. The van der Waals surface area contributed by atoms with Crippen molar-refractivity contribution in [3.63, 3.8) is 0 Å². The van der Waals surface area contributed by atoms with Crippen molar-refractivity contribution in [3.8, 4) is 6.07 Å². The van der Waals surface area contributed by atoms with Crippen LogP contribution in [0.3, 0.4) is 0 Å². The van der Waals surface area contributed by atoms with Crippen molar-refractivity contribution < 1.29 is 19.1 Å². The molecule has 0 radical (unpaired) electrons. The molecule has 0 aliphatic carbocycles. The van der Waals surface area contributed by atoms with Gasteiger partial charge in [0, 0.05) is 38.8 Å². The molecule has 1 aliphatic rings. The van der Waals surface area contributed by atoms with Gasteiger partial charge >= 0.3 is 17.8 Å². The van der Waals surface area contributed by atoms with Crippen LogP contribution in [0.1, 0.15) is 44.7 Å². The topological polar surface area (TPSA) is 153 Å². The highest BCUT2D eigenvalue weighted by Crippen LogP contribution is 2.25. The van der Waals surface area contributed by atoms with Crippen molar-refractivity contribution in [1.29, 1.82) is 5.26 Å². The number of ether oxygens (including phenoxy) is 2. The maximum absolute atomic E-state index is 13.8. The number of fused-ring (bicyclic) bond motifs is 1. The Kier molecular flexibility index (Phi) is 8.84. The zero-order valence-electron chi connectivity index (χ0n) is 24.4. The highest BCUT2D eigenvalue weighted by molar-refractivity contribution is 5.81. The molecule has 3 heterocycles. The zero-order chi connectivity index (χ0) is 30.6. The van der Waals surface area contributed by atoms with Crippen LogP contribution in [0, 0.1) is 11.3 Å². The Morgan fingerprint density at radius 3 is 2.64 bits per heavy atom. The number of anilines is 1. The lowest BCUT2D eigenvalue weighted by molar-refractivity contribution is -0.134. The van der Waals surface area contributed by atoms with Crippen LogP contribution in [-0.4, -0.2) is 62.6 Å². The molecule has 1 fully saturated rings. The van der Waals surface area contributed by atoms with E-state index in [2.05, 4.69) is 16.1 Å². The standard InChI is InChI=1S/C29H35N7O6/c1-29(2,3)42-27(39)31-21-12-8-14-34(18-21)26-32-24-23(36(26)17-20-11-7-6-10-19(20)16-30)25(38)35(28(40)33(24)4)15-9-13-22(37)41-5/h6-7,9-11,13,21H,8,12,14-15,17-18H2,1-5H3,(H,31,39). The van der Waals surface area contributed by atoms with E-state index < -0.39 is 28.9 Å². The van der Waals surface area contributed by atoms with Crippen LogP contribution < -0.4 is 21.5 Å². The number of allylic oxidation sites excluding steroid dienone is 1. The Balaban J connectivity index is 1.82. The second-order valence-corrected chi connectivity index (χ2v) is 11.1. The second-order valence-electron chi connectivity index (χ2n) is 11.1. The fraction of sp³-hybridized carbons (Fsp3) is 0.448. The molecule has 1 saturated heterocycles. The number of amides is 1. The molecule has 1 aliphatic heterocycles. The molecule has 0 saturated carbocycles. The summed E-state index contributed by atoms with van der Waals surface area (Å²) in [6.07, 6.45) is 3.47. The number of aryl methyl sites for hydroxylation is 1. The summed E-state index contributed by atoms with van der Waals surface area (Å²) >= 11 is 0. The summed E-state index contributed by atoms with van der Waals surface area (Å²) in [7, 11) is 2.76. The van der Waals surface area contributed by atoms with Crippen molar-refractivity contribution in [1.82, 2.24) is 24.0 Å². The summed E-state index contributed by atoms with van der Waals surface area (Å²) in [5.41, 5.74) is -0.351. The predicted molar refractivity (Wildman–Crippen MR) is 155 cm³/mol. The van der Waals surface area contributed by atoms with E-state index in [9.17, 15) is 24.4 Å². The number of nitrogens with one attached hydrogen (secondary N) is 1. The molecule has 1 N–H and O–H groups in total. The van der Waals surface area contributed by atoms with Crippen LogP contribution in [0.15, 0.2) is 46.0 Å². The summed E-state index contributed by atoms with van der Waals surface area (Å²) in [4.78, 5) is 57.8. The van der Waals surface area contributed by atoms with E-state index in [1.54, 1.807) is 43.5 Å². The third kappa shape index (κ3) is 6.54. The molecular formula is C29H35N7O6. The first-order valence-electron chi connectivity index (χ1n) is 13.6. The fourth-order valence-corrected chi connectivity index (χ4v) is 4.92. The molecule has 1 amide bonds. The molecule has 42 heavy (non-hydrogen) atoms. The number of alkyl carbamates (subject to hydrolysis) is 1. The van der Waals surface area contributed by atoms with E-state index >= 15 is 0 Å². The van der Waals surface area contributed by atoms with Gasteiger partial charge in [0.1, 0.15) is 5.60 Å². The van der Waals surface area contributed by atoms with Gasteiger partial charge in [0.15, 0.2) is 11.2 Å². The van der Waals surface area contributed by atoms with Gasteiger partial charge < -0.3 is 19.7 Å². The minimum atomic E-state index is -0.642. The van der Waals surface area contributed by atoms with Gasteiger partial charge in [-0.1, -0.05) is 24.3 Å². The first kappa shape index (κ1) is 30.1. The van der Waals surface area contributed by atoms with Gasteiger partial charge in [-0.15, -0.1) is 0 Å². The Morgan fingerprint density at radius 2 is 1.95 bits per heavy atom. The Hall–Kier alpha value is -4.86. The van der Waals surface area contributed by atoms with Crippen LogP contribution >= 0.6 is 0 Å². The van der Waals surface area contributed by atoms with E-state index in [1.165, 1.54) is 24.8 Å². The average molecular weight is 578 g/mol. The Labute approximate surface area is 242 Å². The van der Waals surface area contributed by atoms with Crippen LogP contribution in [-0.2, 0) is 34.4 Å². The number of carbonyl (C=O) groups is 2. The number of hydrogen-bond donors (Lipinski definition) is 1. The molecule has 0 spiro atoms. The minimum Gasteiger partial charge on any atom is -0.466 e. The number of nitrogens with zero attached hydrogens (tertiary/aromatic N) is 6. The molecule has 13 nitrogen and oxygen atoms in total. The first-order chi connectivity index (χ1) is 19.9. The number of methoxy groups -OCH3 is 1. The maximum atomic E-state index is 13.8. The number of nitriles is 1. The summed E-state index contributed by atoms with van der Waals surface area (Å²) in [6.45, 7) is 6.36. The summed E-state index contributed by atoms with van der Waals surface area (Å²) < 4.78 is 14.1. The monoisotopic (exact) mass is 577 g/mol. The van der Waals surface area contributed by atoms with Crippen molar-refractivity contribution in [2.24, 2.45) is 7.05 Å². The minimum absolute atomic E-state index is 0.141. The lowest BCUT2D eigenvalue weighted by Crippen LogP contribution is -2.49. The lowest BCUT2D eigenvalue weighted by atomic mass is 10.1.